The summed E-state index contributed by atoms with van der Waals surface area (Å²) in [6.45, 7) is 3.62. The summed E-state index contributed by atoms with van der Waals surface area (Å²) in [4.78, 5) is 12.5. The molecule has 134 valence electrons. The Balaban J connectivity index is 1.70. The number of rotatable bonds is 7. The maximum Gasteiger partial charge on any atom is 0.343 e. The third-order valence-electron chi connectivity index (χ3n) is 3.82. The van der Waals surface area contributed by atoms with E-state index < -0.39 is 5.97 Å². The van der Waals surface area contributed by atoms with E-state index >= 15 is 0 Å². The number of hydrogen-bond acceptors (Lipinski definition) is 4. The van der Waals surface area contributed by atoms with Crippen molar-refractivity contribution in [1.82, 2.24) is 0 Å². The molecule has 0 atom stereocenters. The average molecular weight is 415 g/mol. The Labute approximate surface area is 160 Å². The molecule has 0 N–H and O–H groups in total. The van der Waals surface area contributed by atoms with Gasteiger partial charge in [0.25, 0.3) is 0 Å². The second-order valence-electron chi connectivity index (χ2n) is 5.55. The first-order valence-corrected chi connectivity index (χ1v) is 9.18. The first-order chi connectivity index (χ1) is 12.7. The number of benzene rings is 3. The standard InChI is InChI=1S/C21H19BrO4/c1-2-24-13-14-25-16-9-7-15(8-10-16)21(23)26-20-12-11-19(22)17-5-3-4-6-18(17)20/h3-12H,2,13-14H2,1H3. The molecular weight excluding hydrogens is 396 g/mol. The lowest BCUT2D eigenvalue weighted by Gasteiger charge is -2.10. The van der Waals surface area contributed by atoms with Crippen LogP contribution in [-0.4, -0.2) is 25.8 Å². The number of esters is 1. The highest BCUT2D eigenvalue weighted by atomic mass is 79.9. The number of fused-ring (bicyclic) bond motifs is 1. The quantitative estimate of drug-likeness (QED) is 0.301. The minimum Gasteiger partial charge on any atom is -0.491 e. The minimum absolute atomic E-state index is 0.404. The minimum atomic E-state index is -0.404. The van der Waals surface area contributed by atoms with E-state index in [1.807, 2.05) is 37.3 Å². The SMILES string of the molecule is CCOCCOc1ccc(C(=O)Oc2ccc(Br)c3ccccc23)cc1. The first kappa shape index (κ1) is 18.4. The molecule has 3 aromatic rings. The topological polar surface area (TPSA) is 44.8 Å². The largest absolute Gasteiger partial charge is 0.491 e. The Morgan fingerprint density at radius 1 is 0.923 bits per heavy atom. The highest BCUT2D eigenvalue weighted by Gasteiger charge is 2.12. The molecule has 0 aliphatic heterocycles. The smallest absolute Gasteiger partial charge is 0.343 e. The zero-order valence-electron chi connectivity index (χ0n) is 14.4. The number of halogens is 1. The molecule has 0 heterocycles. The fraction of sp³-hybridized carbons (Fsp3) is 0.190. The number of carbonyl (C=O) groups excluding carboxylic acids is 1. The molecule has 0 amide bonds. The van der Waals surface area contributed by atoms with Gasteiger partial charge in [-0.05, 0) is 48.7 Å². The highest BCUT2D eigenvalue weighted by Crippen LogP contribution is 2.32. The van der Waals surface area contributed by atoms with Gasteiger partial charge >= 0.3 is 5.97 Å². The van der Waals surface area contributed by atoms with E-state index in [0.29, 0.717) is 36.9 Å². The maximum absolute atomic E-state index is 12.5. The molecule has 0 radical (unpaired) electrons. The summed E-state index contributed by atoms with van der Waals surface area (Å²) < 4.78 is 17.3. The summed E-state index contributed by atoms with van der Waals surface area (Å²) in [6, 6.07) is 18.3. The van der Waals surface area contributed by atoms with Crippen LogP contribution in [0.15, 0.2) is 65.1 Å². The average Bonchev–Trinajstić information content (AvgIpc) is 2.68. The van der Waals surface area contributed by atoms with Crippen molar-refractivity contribution < 1.29 is 19.0 Å². The van der Waals surface area contributed by atoms with Crippen LogP contribution in [0.1, 0.15) is 17.3 Å². The van der Waals surface area contributed by atoms with Crippen molar-refractivity contribution >= 4 is 32.7 Å². The van der Waals surface area contributed by atoms with Gasteiger partial charge in [-0.15, -0.1) is 0 Å². The van der Waals surface area contributed by atoms with Gasteiger partial charge in [0.1, 0.15) is 18.1 Å². The van der Waals surface area contributed by atoms with E-state index in [9.17, 15) is 4.79 Å². The summed E-state index contributed by atoms with van der Waals surface area (Å²) >= 11 is 3.52. The predicted molar refractivity (Wildman–Crippen MR) is 105 cm³/mol. The molecule has 0 fully saturated rings. The maximum atomic E-state index is 12.5. The molecule has 0 spiro atoms. The van der Waals surface area contributed by atoms with Crippen molar-refractivity contribution in [3.63, 3.8) is 0 Å². The third kappa shape index (κ3) is 4.42. The van der Waals surface area contributed by atoms with Crippen molar-refractivity contribution in [2.24, 2.45) is 0 Å². The molecule has 0 saturated heterocycles. The first-order valence-electron chi connectivity index (χ1n) is 8.39. The Hall–Kier alpha value is -2.37. The summed E-state index contributed by atoms with van der Waals surface area (Å²) in [6.07, 6.45) is 0. The fourth-order valence-corrected chi connectivity index (χ4v) is 3.01. The monoisotopic (exact) mass is 414 g/mol. The van der Waals surface area contributed by atoms with Crippen LogP contribution in [-0.2, 0) is 4.74 Å². The molecule has 0 saturated carbocycles. The van der Waals surface area contributed by atoms with E-state index in [-0.39, 0.29) is 0 Å². The normalized spacial score (nSPS) is 10.7. The van der Waals surface area contributed by atoms with E-state index in [0.717, 1.165) is 15.2 Å². The fourth-order valence-electron chi connectivity index (χ4n) is 2.53. The van der Waals surface area contributed by atoms with Gasteiger partial charge < -0.3 is 14.2 Å². The molecule has 0 aliphatic rings. The Bertz CT molecular complexity index is 890. The van der Waals surface area contributed by atoms with Gasteiger partial charge in [-0.3, -0.25) is 0 Å². The van der Waals surface area contributed by atoms with E-state index in [4.69, 9.17) is 14.2 Å². The van der Waals surface area contributed by atoms with Crippen LogP contribution >= 0.6 is 15.9 Å². The van der Waals surface area contributed by atoms with E-state index in [1.54, 1.807) is 30.3 Å². The van der Waals surface area contributed by atoms with E-state index in [1.165, 1.54) is 0 Å². The molecule has 3 aromatic carbocycles. The summed E-state index contributed by atoms with van der Waals surface area (Å²) in [5.41, 5.74) is 0.467. The number of ether oxygens (including phenoxy) is 3. The summed E-state index contributed by atoms with van der Waals surface area (Å²) in [5.74, 6) is 0.819. The van der Waals surface area contributed by atoms with Gasteiger partial charge in [0.15, 0.2) is 0 Å². The Morgan fingerprint density at radius 2 is 1.65 bits per heavy atom. The summed E-state index contributed by atoms with van der Waals surface area (Å²) in [5, 5.41) is 1.88. The van der Waals surface area contributed by atoms with Crippen molar-refractivity contribution in [2.45, 2.75) is 6.92 Å². The molecular formula is C21H19BrO4. The Morgan fingerprint density at radius 3 is 2.38 bits per heavy atom. The van der Waals surface area contributed by atoms with Crippen LogP contribution in [0.4, 0.5) is 0 Å². The van der Waals surface area contributed by atoms with Crippen LogP contribution in [0.25, 0.3) is 10.8 Å². The van der Waals surface area contributed by atoms with Crippen LogP contribution in [0.2, 0.25) is 0 Å². The van der Waals surface area contributed by atoms with Crippen LogP contribution < -0.4 is 9.47 Å². The molecule has 0 aliphatic carbocycles. The van der Waals surface area contributed by atoms with E-state index in [2.05, 4.69) is 15.9 Å². The predicted octanol–water partition coefficient (Wildman–Crippen LogP) is 5.24. The molecule has 26 heavy (non-hydrogen) atoms. The lowest BCUT2D eigenvalue weighted by molar-refractivity contribution is 0.0737. The molecule has 5 heteroatoms. The highest BCUT2D eigenvalue weighted by molar-refractivity contribution is 9.10. The van der Waals surface area contributed by atoms with Gasteiger partial charge in [0.2, 0.25) is 0 Å². The van der Waals surface area contributed by atoms with Gasteiger partial charge in [-0.25, -0.2) is 4.79 Å². The Kier molecular flexibility index (Phi) is 6.26. The third-order valence-corrected chi connectivity index (χ3v) is 4.52. The molecule has 4 nitrogen and oxygen atoms in total. The lowest BCUT2D eigenvalue weighted by atomic mass is 10.1. The number of carbonyl (C=O) groups is 1. The number of hydrogen-bond donors (Lipinski definition) is 0. The van der Waals surface area contributed by atoms with Gasteiger partial charge in [-0.2, -0.15) is 0 Å². The van der Waals surface area contributed by atoms with Gasteiger partial charge in [0.05, 0.1) is 12.2 Å². The molecule has 0 aromatic heterocycles. The van der Waals surface area contributed by atoms with Crippen molar-refractivity contribution in [3.8, 4) is 11.5 Å². The van der Waals surface area contributed by atoms with Gasteiger partial charge in [0, 0.05) is 16.5 Å². The zero-order chi connectivity index (χ0) is 18.4. The second-order valence-corrected chi connectivity index (χ2v) is 6.40. The second kappa shape index (κ2) is 8.83. The summed E-state index contributed by atoms with van der Waals surface area (Å²) in [7, 11) is 0. The van der Waals surface area contributed by atoms with Gasteiger partial charge in [-0.1, -0.05) is 40.2 Å². The van der Waals surface area contributed by atoms with Crippen molar-refractivity contribution in [1.29, 1.82) is 0 Å². The lowest BCUT2D eigenvalue weighted by Crippen LogP contribution is -2.09. The molecule has 0 bridgehead atoms. The van der Waals surface area contributed by atoms with Crippen LogP contribution in [0, 0.1) is 0 Å². The van der Waals surface area contributed by atoms with Crippen molar-refractivity contribution in [3.05, 3.63) is 70.7 Å². The van der Waals surface area contributed by atoms with Crippen molar-refractivity contribution in [2.75, 3.05) is 19.8 Å². The molecule has 0 unspecified atom stereocenters. The van der Waals surface area contributed by atoms with Crippen LogP contribution in [0.5, 0.6) is 11.5 Å². The molecule has 3 rings (SSSR count). The van der Waals surface area contributed by atoms with Crippen LogP contribution in [0.3, 0.4) is 0 Å². The zero-order valence-corrected chi connectivity index (χ0v) is 16.0.